The van der Waals surface area contributed by atoms with Gasteiger partial charge in [0.25, 0.3) is 5.91 Å². The number of hydrogen-bond acceptors (Lipinski definition) is 3. The van der Waals surface area contributed by atoms with Crippen LogP contribution in [0.1, 0.15) is 18.1 Å². The molecule has 1 N–H and O–H groups in total. The SMILES string of the molecule is CCc1ccc(NC(=O)/C(C#N)=C/c2ccncc2)cc1. The number of rotatable bonds is 4. The van der Waals surface area contributed by atoms with Gasteiger partial charge < -0.3 is 5.32 Å². The highest BCUT2D eigenvalue weighted by Gasteiger charge is 2.09. The highest BCUT2D eigenvalue weighted by atomic mass is 16.1. The van der Waals surface area contributed by atoms with E-state index in [4.69, 9.17) is 5.26 Å². The molecule has 21 heavy (non-hydrogen) atoms. The molecule has 0 saturated heterocycles. The van der Waals surface area contributed by atoms with Gasteiger partial charge in [-0.15, -0.1) is 0 Å². The number of carbonyl (C=O) groups is 1. The molecule has 0 spiro atoms. The van der Waals surface area contributed by atoms with Crippen LogP contribution in [0.15, 0.2) is 54.4 Å². The molecule has 0 radical (unpaired) electrons. The zero-order chi connectivity index (χ0) is 15.1. The first-order valence-electron chi connectivity index (χ1n) is 6.65. The van der Waals surface area contributed by atoms with E-state index in [0.717, 1.165) is 12.0 Å². The van der Waals surface area contributed by atoms with Gasteiger partial charge in [0, 0.05) is 18.1 Å². The van der Waals surface area contributed by atoms with Crippen LogP contribution in [0.3, 0.4) is 0 Å². The fourth-order valence-electron chi connectivity index (χ4n) is 1.80. The van der Waals surface area contributed by atoms with Gasteiger partial charge in [-0.1, -0.05) is 19.1 Å². The van der Waals surface area contributed by atoms with Crippen molar-refractivity contribution in [1.82, 2.24) is 4.98 Å². The van der Waals surface area contributed by atoms with Gasteiger partial charge in [-0.25, -0.2) is 0 Å². The van der Waals surface area contributed by atoms with E-state index in [-0.39, 0.29) is 5.57 Å². The molecule has 0 aliphatic rings. The quantitative estimate of drug-likeness (QED) is 0.689. The van der Waals surface area contributed by atoms with Crippen LogP contribution < -0.4 is 5.32 Å². The van der Waals surface area contributed by atoms with Crippen molar-refractivity contribution in [2.45, 2.75) is 13.3 Å². The summed E-state index contributed by atoms with van der Waals surface area (Å²) in [7, 11) is 0. The van der Waals surface area contributed by atoms with E-state index in [0.29, 0.717) is 5.69 Å². The minimum Gasteiger partial charge on any atom is -0.321 e. The average molecular weight is 277 g/mol. The van der Waals surface area contributed by atoms with Crippen LogP contribution in [0.25, 0.3) is 6.08 Å². The van der Waals surface area contributed by atoms with Crippen LogP contribution in [0.5, 0.6) is 0 Å². The normalized spacial score (nSPS) is 10.8. The molecule has 2 rings (SSSR count). The number of hydrogen-bond donors (Lipinski definition) is 1. The van der Waals surface area contributed by atoms with Crippen LogP contribution >= 0.6 is 0 Å². The molecule has 0 bridgehead atoms. The van der Waals surface area contributed by atoms with Gasteiger partial charge in [0.15, 0.2) is 0 Å². The lowest BCUT2D eigenvalue weighted by Crippen LogP contribution is -2.13. The molecule has 1 heterocycles. The first-order valence-corrected chi connectivity index (χ1v) is 6.65. The molecule has 1 amide bonds. The van der Waals surface area contributed by atoms with Crippen LogP contribution in [-0.4, -0.2) is 10.9 Å². The Labute approximate surface area is 123 Å². The first kappa shape index (κ1) is 14.5. The van der Waals surface area contributed by atoms with Gasteiger partial charge in [-0.05, 0) is 47.9 Å². The van der Waals surface area contributed by atoms with E-state index in [9.17, 15) is 4.79 Å². The molecule has 1 aromatic carbocycles. The number of aryl methyl sites for hydroxylation is 1. The van der Waals surface area contributed by atoms with Crippen molar-refractivity contribution in [2.75, 3.05) is 5.32 Å². The maximum absolute atomic E-state index is 12.1. The highest BCUT2D eigenvalue weighted by Crippen LogP contribution is 2.12. The lowest BCUT2D eigenvalue weighted by atomic mass is 10.1. The van der Waals surface area contributed by atoms with Crippen molar-refractivity contribution >= 4 is 17.7 Å². The zero-order valence-electron chi connectivity index (χ0n) is 11.7. The summed E-state index contributed by atoms with van der Waals surface area (Å²) in [5, 5.41) is 11.8. The number of nitrogens with zero attached hydrogens (tertiary/aromatic N) is 2. The monoisotopic (exact) mass is 277 g/mol. The van der Waals surface area contributed by atoms with Crippen molar-refractivity contribution in [3.8, 4) is 6.07 Å². The Bertz CT molecular complexity index is 682. The largest absolute Gasteiger partial charge is 0.321 e. The lowest BCUT2D eigenvalue weighted by Gasteiger charge is -2.05. The van der Waals surface area contributed by atoms with Crippen LogP contribution in [0, 0.1) is 11.3 Å². The Hall–Kier alpha value is -2.93. The summed E-state index contributed by atoms with van der Waals surface area (Å²) < 4.78 is 0. The van der Waals surface area contributed by atoms with Crippen LogP contribution in [0.4, 0.5) is 5.69 Å². The standard InChI is InChI=1S/C17H15N3O/c1-2-13-3-5-16(6-4-13)20-17(21)15(12-18)11-14-7-9-19-10-8-14/h3-11H,2H2,1H3,(H,20,21)/b15-11+. The number of pyridine rings is 1. The Kier molecular flexibility index (Phi) is 4.84. The first-order chi connectivity index (χ1) is 10.2. The molecule has 0 unspecified atom stereocenters. The smallest absolute Gasteiger partial charge is 0.266 e. The number of nitriles is 1. The van der Waals surface area contributed by atoms with Crippen molar-refractivity contribution in [3.05, 3.63) is 65.5 Å². The molecule has 0 aliphatic carbocycles. The number of benzene rings is 1. The highest BCUT2D eigenvalue weighted by molar-refractivity contribution is 6.09. The van der Waals surface area contributed by atoms with Gasteiger partial charge in [0.05, 0.1) is 0 Å². The van der Waals surface area contributed by atoms with Crippen LogP contribution in [-0.2, 0) is 11.2 Å². The number of amides is 1. The summed E-state index contributed by atoms with van der Waals surface area (Å²) in [5.41, 5.74) is 2.69. The molecular weight excluding hydrogens is 262 g/mol. The maximum Gasteiger partial charge on any atom is 0.266 e. The van der Waals surface area contributed by atoms with Crippen LogP contribution in [0.2, 0.25) is 0 Å². The van der Waals surface area contributed by atoms with E-state index < -0.39 is 5.91 Å². The average Bonchev–Trinajstić information content (AvgIpc) is 2.54. The minimum absolute atomic E-state index is 0.0563. The fraction of sp³-hybridized carbons (Fsp3) is 0.118. The van der Waals surface area contributed by atoms with Crippen molar-refractivity contribution in [2.24, 2.45) is 0 Å². The number of aromatic nitrogens is 1. The molecule has 104 valence electrons. The molecule has 0 fully saturated rings. The van der Waals surface area contributed by atoms with Crippen molar-refractivity contribution in [3.63, 3.8) is 0 Å². The zero-order valence-corrected chi connectivity index (χ0v) is 11.7. The molecule has 4 nitrogen and oxygen atoms in total. The molecule has 1 aromatic heterocycles. The maximum atomic E-state index is 12.1. The number of anilines is 1. The van der Waals surface area contributed by atoms with E-state index in [2.05, 4.69) is 17.2 Å². The topological polar surface area (TPSA) is 65.8 Å². The van der Waals surface area contributed by atoms with E-state index in [1.54, 1.807) is 24.5 Å². The summed E-state index contributed by atoms with van der Waals surface area (Å²) in [6.45, 7) is 2.07. The summed E-state index contributed by atoms with van der Waals surface area (Å²) in [6.07, 6.45) is 5.71. The minimum atomic E-state index is -0.418. The number of nitrogens with one attached hydrogen (secondary N) is 1. The van der Waals surface area contributed by atoms with Gasteiger partial charge in [-0.3, -0.25) is 9.78 Å². The predicted molar refractivity (Wildman–Crippen MR) is 82.3 cm³/mol. The van der Waals surface area contributed by atoms with Crippen molar-refractivity contribution in [1.29, 1.82) is 5.26 Å². The fourth-order valence-corrected chi connectivity index (χ4v) is 1.80. The second-order valence-electron chi connectivity index (χ2n) is 4.45. The molecular formula is C17H15N3O. The summed E-state index contributed by atoms with van der Waals surface area (Å²) in [6, 6.07) is 13.0. The second kappa shape index (κ2) is 7.01. The van der Waals surface area contributed by atoms with Gasteiger partial charge in [-0.2, -0.15) is 5.26 Å². The Morgan fingerprint density at radius 1 is 1.24 bits per heavy atom. The third kappa shape index (κ3) is 4.02. The summed E-state index contributed by atoms with van der Waals surface area (Å²) in [4.78, 5) is 16.0. The molecule has 4 heteroatoms. The van der Waals surface area contributed by atoms with Crippen molar-refractivity contribution < 1.29 is 4.79 Å². The summed E-state index contributed by atoms with van der Waals surface area (Å²) in [5.74, 6) is -0.418. The Morgan fingerprint density at radius 2 is 1.90 bits per heavy atom. The third-order valence-electron chi connectivity index (χ3n) is 3.00. The lowest BCUT2D eigenvalue weighted by molar-refractivity contribution is -0.112. The van der Waals surface area contributed by atoms with Gasteiger partial charge >= 0.3 is 0 Å². The van der Waals surface area contributed by atoms with Gasteiger partial charge in [0.2, 0.25) is 0 Å². The molecule has 0 aliphatic heterocycles. The van der Waals surface area contributed by atoms with E-state index in [1.807, 2.05) is 30.3 Å². The molecule has 0 atom stereocenters. The summed E-state index contributed by atoms with van der Waals surface area (Å²) >= 11 is 0. The Balaban J connectivity index is 2.13. The molecule has 2 aromatic rings. The predicted octanol–water partition coefficient (Wildman–Crippen LogP) is 3.19. The second-order valence-corrected chi connectivity index (χ2v) is 4.45. The number of carbonyl (C=O) groups excluding carboxylic acids is 1. The third-order valence-corrected chi connectivity index (χ3v) is 3.00. The van der Waals surface area contributed by atoms with Gasteiger partial charge in [0.1, 0.15) is 11.6 Å². The Morgan fingerprint density at radius 3 is 2.48 bits per heavy atom. The van der Waals surface area contributed by atoms with E-state index >= 15 is 0 Å². The molecule has 0 saturated carbocycles. The van der Waals surface area contributed by atoms with E-state index in [1.165, 1.54) is 11.6 Å².